The van der Waals surface area contributed by atoms with Gasteiger partial charge in [-0.1, -0.05) is 30.3 Å². The Kier molecular flexibility index (Phi) is 6.58. The monoisotopic (exact) mass is 367 g/mol. The Hall–Kier alpha value is -2.69. The van der Waals surface area contributed by atoms with E-state index >= 15 is 0 Å². The van der Waals surface area contributed by atoms with E-state index in [1.165, 1.54) is 16.8 Å². The van der Waals surface area contributed by atoms with Crippen molar-refractivity contribution in [2.75, 3.05) is 44.2 Å². The highest BCUT2D eigenvalue weighted by molar-refractivity contribution is 5.74. The summed E-state index contributed by atoms with van der Waals surface area (Å²) in [6, 6.07) is 16.2. The molecule has 1 aliphatic rings. The van der Waals surface area contributed by atoms with Crippen molar-refractivity contribution in [2.45, 2.75) is 20.3 Å². The van der Waals surface area contributed by atoms with Crippen LogP contribution in [0.2, 0.25) is 0 Å². The third-order valence-corrected chi connectivity index (χ3v) is 5.09. The molecule has 2 aromatic carbocycles. The molecule has 1 N–H and O–H groups in total. The maximum absolute atomic E-state index is 12.4. The van der Waals surface area contributed by atoms with Gasteiger partial charge in [0.2, 0.25) is 0 Å². The van der Waals surface area contributed by atoms with Crippen LogP contribution in [0.1, 0.15) is 17.5 Å². The molecular weight excluding hydrogens is 338 g/mol. The van der Waals surface area contributed by atoms with Gasteiger partial charge in [0.15, 0.2) is 0 Å². The number of aryl methyl sites for hydroxylation is 1. The van der Waals surface area contributed by atoms with E-state index in [1.54, 1.807) is 0 Å². The number of rotatable bonds is 6. The highest BCUT2D eigenvalue weighted by atomic mass is 16.5. The number of nitrogens with zero attached hydrogens (tertiary/aromatic N) is 2. The predicted octanol–water partition coefficient (Wildman–Crippen LogP) is 3.60. The van der Waals surface area contributed by atoms with Gasteiger partial charge in [-0.3, -0.25) is 0 Å². The largest absolute Gasteiger partial charge is 0.494 e. The first-order valence-electron chi connectivity index (χ1n) is 9.67. The van der Waals surface area contributed by atoms with Crippen LogP contribution < -0.4 is 15.0 Å². The molecular formula is C22H29N3O2. The van der Waals surface area contributed by atoms with E-state index in [-0.39, 0.29) is 6.03 Å². The minimum absolute atomic E-state index is 0.0234. The SMILES string of the molecule is Cc1cccc(N2CCN(C(=O)NCCCOc3ccccc3)CC2)c1C. The topological polar surface area (TPSA) is 44.8 Å². The van der Waals surface area contributed by atoms with Crippen molar-refractivity contribution >= 4 is 11.7 Å². The van der Waals surface area contributed by atoms with Gasteiger partial charge in [-0.15, -0.1) is 0 Å². The molecule has 0 spiro atoms. The number of ether oxygens (including phenoxy) is 1. The van der Waals surface area contributed by atoms with Crippen molar-refractivity contribution < 1.29 is 9.53 Å². The smallest absolute Gasteiger partial charge is 0.317 e. The Morgan fingerprint density at radius 2 is 1.74 bits per heavy atom. The molecule has 0 bridgehead atoms. The summed E-state index contributed by atoms with van der Waals surface area (Å²) in [5.74, 6) is 0.867. The number of hydrogen-bond acceptors (Lipinski definition) is 3. The van der Waals surface area contributed by atoms with Crippen LogP contribution in [-0.4, -0.2) is 50.3 Å². The molecule has 0 radical (unpaired) electrons. The van der Waals surface area contributed by atoms with Crippen molar-refractivity contribution in [2.24, 2.45) is 0 Å². The highest BCUT2D eigenvalue weighted by Crippen LogP contribution is 2.23. The average molecular weight is 367 g/mol. The number of hydrogen-bond donors (Lipinski definition) is 1. The van der Waals surface area contributed by atoms with Gasteiger partial charge in [-0.25, -0.2) is 4.79 Å². The van der Waals surface area contributed by atoms with Gasteiger partial charge < -0.3 is 19.9 Å². The maximum Gasteiger partial charge on any atom is 0.317 e. The van der Waals surface area contributed by atoms with Crippen LogP contribution in [0, 0.1) is 13.8 Å². The van der Waals surface area contributed by atoms with Crippen molar-refractivity contribution in [3.05, 3.63) is 59.7 Å². The number of carbonyl (C=O) groups excluding carboxylic acids is 1. The second kappa shape index (κ2) is 9.31. The van der Waals surface area contributed by atoms with E-state index < -0.39 is 0 Å². The molecule has 2 amide bonds. The molecule has 5 nitrogen and oxygen atoms in total. The van der Waals surface area contributed by atoms with Crippen LogP contribution >= 0.6 is 0 Å². The molecule has 0 aliphatic carbocycles. The molecule has 1 saturated heterocycles. The van der Waals surface area contributed by atoms with Crippen LogP contribution in [-0.2, 0) is 0 Å². The lowest BCUT2D eigenvalue weighted by Crippen LogP contribution is -2.52. The predicted molar refractivity (Wildman–Crippen MR) is 110 cm³/mol. The summed E-state index contributed by atoms with van der Waals surface area (Å²) in [6.07, 6.45) is 0.795. The minimum Gasteiger partial charge on any atom is -0.494 e. The molecule has 0 saturated carbocycles. The molecule has 0 unspecified atom stereocenters. The van der Waals surface area contributed by atoms with Gasteiger partial charge in [0.05, 0.1) is 6.61 Å². The Labute approximate surface area is 161 Å². The lowest BCUT2D eigenvalue weighted by atomic mass is 10.1. The normalized spacial score (nSPS) is 14.1. The fourth-order valence-corrected chi connectivity index (χ4v) is 3.31. The number of nitrogens with one attached hydrogen (secondary N) is 1. The molecule has 5 heteroatoms. The van der Waals surface area contributed by atoms with Crippen LogP contribution in [0.4, 0.5) is 10.5 Å². The number of piperazine rings is 1. The van der Waals surface area contributed by atoms with Crippen molar-refractivity contribution in [3.8, 4) is 5.75 Å². The fraction of sp³-hybridized carbons (Fsp3) is 0.409. The molecule has 1 heterocycles. The van der Waals surface area contributed by atoms with Crippen molar-refractivity contribution in [3.63, 3.8) is 0 Å². The van der Waals surface area contributed by atoms with Crippen LogP contribution in [0.5, 0.6) is 5.75 Å². The number of para-hydroxylation sites is 1. The maximum atomic E-state index is 12.4. The highest BCUT2D eigenvalue weighted by Gasteiger charge is 2.21. The lowest BCUT2D eigenvalue weighted by molar-refractivity contribution is 0.193. The summed E-state index contributed by atoms with van der Waals surface area (Å²) in [6.45, 7) is 8.78. The van der Waals surface area contributed by atoms with E-state index in [9.17, 15) is 4.79 Å². The molecule has 27 heavy (non-hydrogen) atoms. The second-order valence-corrected chi connectivity index (χ2v) is 6.94. The molecule has 0 aromatic heterocycles. The number of amides is 2. The first kappa shape index (κ1) is 19.1. The second-order valence-electron chi connectivity index (χ2n) is 6.94. The lowest BCUT2D eigenvalue weighted by Gasteiger charge is -2.37. The molecule has 144 valence electrons. The number of carbonyl (C=O) groups is 1. The third kappa shape index (κ3) is 5.16. The standard InChI is InChI=1S/C22H29N3O2/c1-18-8-6-11-21(19(18)2)24-13-15-25(16-14-24)22(26)23-12-7-17-27-20-9-4-3-5-10-20/h3-6,8-11H,7,12-17H2,1-2H3,(H,23,26). The Balaban J connectivity index is 1.36. The summed E-state index contributed by atoms with van der Waals surface area (Å²) in [4.78, 5) is 16.6. The zero-order valence-electron chi connectivity index (χ0n) is 16.3. The van der Waals surface area contributed by atoms with Gasteiger partial charge in [0, 0.05) is 38.4 Å². The quantitative estimate of drug-likeness (QED) is 0.794. The van der Waals surface area contributed by atoms with E-state index in [0.717, 1.165) is 38.3 Å². The van der Waals surface area contributed by atoms with Gasteiger partial charge in [0.1, 0.15) is 5.75 Å². The van der Waals surface area contributed by atoms with Crippen LogP contribution in [0.15, 0.2) is 48.5 Å². The summed E-state index contributed by atoms with van der Waals surface area (Å²) in [5, 5.41) is 3.00. The zero-order valence-corrected chi connectivity index (χ0v) is 16.3. The van der Waals surface area contributed by atoms with Crippen molar-refractivity contribution in [1.82, 2.24) is 10.2 Å². The van der Waals surface area contributed by atoms with E-state index in [1.807, 2.05) is 35.2 Å². The number of anilines is 1. The Morgan fingerprint density at radius 1 is 1.00 bits per heavy atom. The summed E-state index contributed by atoms with van der Waals surface area (Å²) in [7, 11) is 0. The number of urea groups is 1. The molecule has 1 aliphatic heterocycles. The first-order chi connectivity index (χ1) is 13.1. The summed E-state index contributed by atoms with van der Waals surface area (Å²) >= 11 is 0. The van der Waals surface area contributed by atoms with Gasteiger partial charge >= 0.3 is 6.03 Å². The summed E-state index contributed by atoms with van der Waals surface area (Å²) < 4.78 is 5.65. The average Bonchev–Trinajstić information content (AvgIpc) is 2.70. The zero-order chi connectivity index (χ0) is 19.1. The summed E-state index contributed by atoms with van der Waals surface area (Å²) in [5.41, 5.74) is 3.92. The first-order valence-corrected chi connectivity index (χ1v) is 9.67. The molecule has 1 fully saturated rings. The molecule has 3 rings (SSSR count). The van der Waals surface area contributed by atoms with Crippen LogP contribution in [0.3, 0.4) is 0 Å². The number of benzene rings is 2. The van der Waals surface area contributed by atoms with E-state index in [4.69, 9.17) is 4.74 Å². The van der Waals surface area contributed by atoms with Gasteiger partial charge in [-0.2, -0.15) is 0 Å². The molecule has 0 atom stereocenters. The minimum atomic E-state index is 0.0234. The Bertz CT molecular complexity index is 740. The van der Waals surface area contributed by atoms with E-state index in [2.05, 4.69) is 42.3 Å². The Morgan fingerprint density at radius 3 is 2.48 bits per heavy atom. The fourth-order valence-electron chi connectivity index (χ4n) is 3.31. The van der Waals surface area contributed by atoms with Gasteiger partial charge in [0.25, 0.3) is 0 Å². The van der Waals surface area contributed by atoms with Crippen molar-refractivity contribution in [1.29, 1.82) is 0 Å². The molecule has 2 aromatic rings. The van der Waals surface area contributed by atoms with Gasteiger partial charge in [-0.05, 0) is 49.6 Å². The van der Waals surface area contributed by atoms with E-state index in [0.29, 0.717) is 13.2 Å². The van der Waals surface area contributed by atoms with Crippen LogP contribution in [0.25, 0.3) is 0 Å². The third-order valence-electron chi connectivity index (χ3n) is 5.09.